The fourth-order valence-corrected chi connectivity index (χ4v) is 2.88. The molecule has 25 heavy (non-hydrogen) atoms. The first-order chi connectivity index (χ1) is 11.8. The van der Waals surface area contributed by atoms with Crippen molar-refractivity contribution in [3.63, 3.8) is 0 Å². The number of anilines is 3. The van der Waals surface area contributed by atoms with Crippen LogP contribution >= 0.6 is 22.6 Å². The summed E-state index contributed by atoms with van der Waals surface area (Å²) >= 11 is 2.18. The zero-order valence-corrected chi connectivity index (χ0v) is 14.9. The lowest BCUT2D eigenvalue weighted by Gasteiger charge is -2.13. The number of aryl methyl sites for hydroxylation is 1. The Morgan fingerprint density at radius 3 is 2.64 bits per heavy atom. The molecular formula is C15H11FIN5O3. The minimum atomic E-state index is -0.980. The van der Waals surface area contributed by atoms with Crippen molar-refractivity contribution in [1.29, 1.82) is 0 Å². The first-order valence-electron chi connectivity index (χ1n) is 6.95. The molecule has 2 aromatic carbocycles. The second-order valence-electron chi connectivity index (χ2n) is 5.14. The monoisotopic (exact) mass is 455 g/mol. The van der Waals surface area contributed by atoms with Gasteiger partial charge in [-0.3, -0.25) is 10.1 Å². The summed E-state index contributed by atoms with van der Waals surface area (Å²) in [5, 5.41) is 21.3. The molecule has 3 N–H and O–H groups in total. The number of rotatable bonds is 4. The van der Waals surface area contributed by atoms with Crippen LogP contribution in [0.4, 0.5) is 27.5 Å². The number of halogens is 2. The fraction of sp³-hybridized carbons (Fsp3) is 0.0667. The van der Waals surface area contributed by atoms with E-state index >= 15 is 0 Å². The van der Waals surface area contributed by atoms with Gasteiger partial charge in [0.05, 0.1) is 16.2 Å². The van der Waals surface area contributed by atoms with Gasteiger partial charge in [-0.25, -0.2) is 0 Å². The number of nitrogen functional groups attached to an aromatic ring is 1. The van der Waals surface area contributed by atoms with Crippen molar-refractivity contribution in [2.75, 3.05) is 11.1 Å². The van der Waals surface area contributed by atoms with Crippen LogP contribution in [-0.2, 0) is 0 Å². The first-order valence-corrected chi connectivity index (χ1v) is 8.03. The number of nitrogens with two attached hydrogens (primary N) is 1. The number of nitro benzene ring substituents is 1. The summed E-state index contributed by atoms with van der Waals surface area (Å²) in [4.78, 5) is 10.2. The normalized spacial score (nSPS) is 10.7. The summed E-state index contributed by atoms with van der Waals surface area (Å²) in [6.07, 6.45) is 0. The predicted molar refractivity (Wildman–Crippen MR) is 97.9 cm³/mol. The SMILES string of the molecule is Cc1cc(I)ccc1Nc1cc(F)c([N+](=O)[O-])cc1-c1nnc(N)o1. The molecule has 0 spiro atoms. The van der Waals surface area contributed by atoms with Crippen molar-refractivity contribution in [2.45, 2.75) is 6.92 Å². The van der Waals surface area contributed by atoms with Gasteiger partial charge in [0, 0.05) is 21.4 Å². The molecule has 1 aromatic heterocycles. The number of aromatic nitrogens is 2. The average molecular weight is 455 g/mol. The quantitative estimate of drug-likeness (QED) is 0.346. The van der Waals surface area contributed by atoms with Gasteiger partial charge in [0.15, 0.2) is 0 Å². The molecule has 0 unspecified atom stereocenters. The van der Waals surface area contributed by atoms with Crippen molar-refractivity contribution in [3.05, 3.63) is 55.4 Å². The Kier molecular flexibility index (Phi) is 4.53. The van der Waals surface area contributed by atoms with E-state index in [1.54, 1.807) is 0 Å². The largest absolute Gasteiger partial charge is 0.403 e. The lowest BCUT2D eigenvalue weighted by atomic mass is 10.1. The maximum absolute atomic E-state index is 14.1. The van der Waals surface area contributed by atoms with Gasteiger partial charge in [-0.15, -0.1) is 5.10 Å². The highest BCUT2D eigenvalue weighted by Crippen LogP contribution is 2.35. The number of nitro groups is 1. The van der Waals surface area contributed by atoms with E-state index in [9.17, 15) is 14.5 Å². The number of hydrogen-bond donors (Lipinski definition) is 2. The molecule has 0 radical (unpaired) electrons. The van der Waals surface area contributed by atoms with Gasteiger partial charge in [-0.1, -0.05) is 5.10 Å². The number of hydrogen-bond acceptors (Lipinski definition) is 7. The molecule has 0 bridgehead atoms. The summed E-state index contributed by atoms with van der Waals surface area (Å²) in [7, 11) is 0. The minimum absolute atomic E-state index is 0.0498. The van der Waals surface area contributed by atoms with Crippen molar-refractivity contribution >= 4 is 45.7 Å². The molecule has 0 amide bonds. The van der Waals surface area contributed by atoms with Crippen LogP contribution in [0.1, 0.15) is 5.56 Å². The Morgan fingerprint density at radius 1 is 1.28 bits per heavy atom. The van der Waals surface area contributed by atoms with Gasteiger partial charge >= 0.3 is 11.7 Å². The highest BCUT2D eigenvalue weighted by atomic mass is 127. The van der Waals surface area contributed by atoms with E-state index in [1.807, 2.05) is 25.1 Å². The first kappa shape index (κ1) is 17.1. The van der Waals surface area contributed by atoms with Gasteiger partial charge < -0.3 is 15.5 Å². The maximum Gasteiger partial charge on any atom is 0.313 e. The standard InChI is InChI=1S/C15H11FIN5O3/c1-7-4-8(17)2-3-11(7)19-12-6-10(16)13(22(23)24)5-9(12)14-20-21-15(18)25-14/h2-6,19H,1H3,(H2,18,21). The number of nitrogens with zero attached hydrogens (tertiary/aromatic N) is 3. The third-order valence-electron chi connectivity index (χ3n) is 3.41. The summed E-state index contributed by atoms with van der Waals surface area (Å²) in [6, 6.07) is 7.50. The van der Waals surface area contributed by atoms with E-state index < -0.39 is 16.4 Å². The summed E-state index contributed by atoms with van der Waals surface area (Å²) < 4.78 is 20.3. The van der Waals surface area contributed by atoms with Crippen molar-refractivity contribution in [3.8, 4) is 11.5 Å². The van der Waals surface area contributed by atoms with E-state index in [4.69, 9.17) is 10.2 Å². The Hall–Kier alpha value is -2.76. The van der Waals surface area contributed by atoms with Crippen LogP contribution < -0.4 is 11.1 Å². The van der Waals surface area contributed by atoms with E-state index in [-0.39, 0.29) is 23.2 Å². The van der Waals surface area contributed by atoms with Crippen molar-refractivity contribution in [2.24, 2.45) is 0 Å². The molecule has 0 fully saturated rings. The molecule has 0 aliphatic carbocycles. The molecule has 0 saturated heterocycles. The van der Waals surface area contributed by atoms with Crippen LogP contribution in [0.3, 0.4) is 0 Å². The second-order valence-corrected chi connectivity index (χ2v) is 6.38. The lowest BCUT2D eigenvalue weighted by Crippen LogP contribution is -2.00. The molecule has 0 saturated carbocycles. The summed E-state index contributed by atoms with van der Waals surface area (Å²) in [6.45, 7) is 1.89. The average Bonchev–Trinajstić information content (AvgIpc) is 2.96. The molecule has 10 heteroatoms. The Bertz CT molecular complexity index is 976. The van der Waals surface area contributed by atoms with Crippen LogP contribution in [0.15, 0.2) is 34.7 Å². The van der Waals surface area contributed by atoms with Crippen LogP contribution in [0, 0.1) is 26.4 Å². The Morgan fingerprint density at radius 2 is 2.04 bits per heavy atom. The van der Waals surface area contributed by atoms with Crippen LogP contribution in [-0.4, -0.2) is 15.1 Å². The zero-order chi connectivity index (χ0) is 18.1. The summed E-state index contributed by atoms with van der Waals surface area (Å²) in [5.74, 6) is -1.03. The molecule has 0 aliphatic heterocycles. The van der Waals surface area contributed by atoms with Gasteiger partial charge in [0.2, 0.25) is 5.82 Å². The molecule has 8 nitrogen and oxygen atoms in total. The molecule has 0 aliphatic rings. The Balaban J connectivity index is 2.14. The van der Waals surface area contributed by atoms with Crippen molar-refractivity contribution < 1.29 is 13.7 Å². The van der Waals surface area contributed by atoms with E-state index in [2.05, 4.69) is 38.1 Å². The van der Waals surface area contributed by atoms with E-state index in [0.29, 0.717) is 5.69 Å². The Labute approximate surface area is 154 Å². The number of benzene rings is 2. The number of nitrogens with one attached hydrogen (secondary N) is 1. The minimum Gasteiger partial charge on any atom is -0.403 e. The topological polar surface area (TPSA) is 120 Å². The second kappa shape index (κ2) is 6.63. The third-order valence-corrected chi connectivity index (χ3v) is 4.08. The molecule has 1 heterocycles. The van der Waals surface area contributed by atoms with Gasteiger partial charge in [-0.05, 0) is 53.3 Å². The smallest absolute Gasteiger partial charge is 0.313 e. The summed E-state index contributed by atoms with van der Waals surface area (Å²) in [5.41, 5.74) is 6.77. The van der Waals surface area contributed by atoms with Crippen molar-refractivity contribution in [1.82, 2.24) is 10.2 Å². The van der Waals surface area contributed by atoms with Crippen LogP contribution in [0.25, 0.3) is 11.5 Å². The van der Waals surface area contributed by atoms with Gasteiger partial charge in [-0.2, -0.15) is 4.39 Å². The molecular weight excluding hydrogens is 444 g/mol. The van der Waals surface area contributed by atoms with Crippen LogP contribution in [0.5, 0.6) is 0 Å². The van der Waals surface area contributed by atoms with E-state index in [0.717, 1.165) is 21.3 Å². The van der Waals surface area contributed by atoms with Gasteiger partial charge in [0.1, 0.15) is 0 Å². The highest BCUT2D eigenvalue weighted by Gasteiger charge is 2.22. The molecule has 0 atom stereocenters. The fourth-order valence-electron chi connectivity index (χ4n) is 2.24. The highest BCUT2D eigenvalue weighted by molar-refractivity contribution is 14.1. The van der Waals surface area contributed by atoms with Gasteiger partial charge in [0.25, 0.3) is 5.89 Å². The van der Waals surface area contributed by atoms with Crippen LogP contribution in [0.2, 0.25) is 0 Å². The molecule has 3 aromatic rings. The third kappa shape index (κ3) is 3.52. The maximum atomic E-state index is 14.1. The lowest BCUT2D eigenvalue weighted by molar-refractivity contribution is -0.387. The predicted octanol–water partition coefficient (Wildman–Crippen LogP) is 4.02. The molecule has 128 valence electrons. The molecule has 3 rings (SSSR count). The zero-order valence-electron chi connectivity index (χ0n) is 12.8. The van der Waals surface area contributed by atoms with E-state index in [1.165, 1.54) is 0 Å².